The number of aromatic nitrogens is 2. The molecule has 140 valence electrons. The van der Waals surface area contributed by atoms with Crippen molar-refractivity contribution < 1.29 is 13.2 Å². The second-order valence-corrected chi connectivity index (χ2v) is 6.28. The zero-order valence-corrected chi connectivity index (χ0v) is 14.6. The summed E-state index contributed by atoms with van der Waals surface area (Å²) in [6.45, 7) is 0. The molecule has 0 fully saturated rings. The van der Waals surface area contributed by atoms with Crippen molar-refractivity contribution >= 4 is 0 Å². The van der Waals surface area contributed by atoms with Crippen LogP contribution in [-0.4, -0.2) is 9.78 Å². The minimum Gasteiger partial charge on any atom is -0.290 e. The quantitative estimate of drug-likeness (QED) is 0.499. The molecule has 0 aliphatic rings. The van der Waals surface area contributed by atoms with Crippen LogP contribution in [0, 0.1) is 0 Å². The Hall–Kier alpha value is -3.54. The highest BCUT2D eigenvalue weighted by Gasteiger charge is 2.30. The summed E-state index contributed by atoms with van der Waals surface area (Å²) in [5, 5.41) is 3.11. The predicted molar refractivity (Wildman–Crippen MR) is 102 cm³/mol. The van der Waals surface area contributed by atoms with Crippen molar-refractivity contribution in [2.75, 3.05) is 0 Å². The van der Waals surface area contributed by atoms with E-state index in [0.717, 1.165) is 17.7 Å². The molecular weight excluding hydrogens is 365 g/mol. The molecule has 4 aromatic rings. The number of halogens is 3. The first-order valence-electron chi connectivity index (χ1n) is 8.58. The van der Waals surface area contributed by atoms with E-state index in [-0.39, 0.29) is 5.56 Å². The van der Waals surface area contributed by atoms with Crippen LogP contribution in [0.3, 0.4) is 0 Å². The van der Waals surface area contributed by atoms with Crippen LogP contribution in [0.4, 0.5) is 13.2 Å². The molecule has 0 atom stereocenters. The first kappa shape index (κ1) is 17.9. The normalized spacial score (nSPS) is 11.5. The Morgan fingerprint density at radius 1 is 0.714 bits per heavy atom. The van der Waals surface area contributed by atoms with E-state index in [2.05, 4.69) is 5.10 Å². The molecule has 0 spiro atoms. The number of H-pyrrole nitrogens is 1. The Morgan fingerprint density at radius 2 is 1.29 bits per heavy atom. The van der Waals surface area contributed by atoms with Gasteiger partial charge in [0, 0.05) is 5.56 Å². The number of hydrogen-bond donors (Lipinski definition) is 1. The fourth-order valence-corrected chi connectivity index (χ4v) is 3.10. The summed E-state index contributed by atoms with van der Waals surface area (Å²) in [5.74, 6) is 0. The predicted octanol–water partition coefficient (Wildman–Crippen LogP) is 5.52. The number of hydrogen-bond acceptors (Lipinski definition) is 1. The molecule has 1 N–H and O–H groups in total. The van der Waals surface area contributed by atoms with Gasteiger partial charge in [0.1, 0.15) is 0 Å². The molecule has 3 nitrogen and oxygen atoms in total. The maximum Gasteiger partial charge on any atom is 0.416 e. The molecule has 6 heteroatoms. The van der Waals surface area contributed by atoms with Gasteiger partial charge < -0.3 is 0 Å². The second-order valence-electron chi connectivity index (χ2n) is 6.28. The smallest absolute Gasteiger partial charge is 0.290 e. The van der Waals surface area contributed by atoms with Crippen molar-refractivity contribution in [2.24, 2.45) is 0 Å². The molecule has 3 aromatic carbocycles. The maximum absolute atomic E-state index is 13.2. The highest BCUT2D eigenvalue weighted by molar-refractivity contribution is 5.80. The van der Waals surface area contributed by atoms with E-state index in [1.165, 1.54) is 16.8 Å². The minimum absolute atomic E-state index is 0.323. The Bertz CT molecular complexity index is 1140. The van der Waals surface area contributed by atoms with E-state index < -0.39 is 11.7 Å². The lowest BCUT2D eigenvalue weighted by molar-refractivity contribution is -0.137. The topological polar surface area (TPSA) is 37.8 Å². The number of aromatic amines is 1. The van der Waals surface area contributed by atoms with Gasteiger partial charge in [0.2, 0.25) is 0 Å². The molecule has 0 saturated heterocycles. The van der Waals surface area contributed by atoms with Crippen LogP contribution in [0.1, 0.15) is 5.56 Å². The summed E-state index contributed by atoms with van der Waals surface area (Å²) in [6, 6.07) is 22.9. The van der Waals surface area contributed by atoms with Crippen LogP contribution >= 0.6 is 0 Å². The highest BCUT2D eigenvalue weighted by atomic mass is 19.4. The number of nitrogens with zero attached hydrogens (tertiary/aromatic N) is 1. The fraction of sp³-hybridized carbons (Fsp3) is 0.0455. The van der Waals surface area contributed by atoms with Crippen molar-refractivity contribution in [3.8, 4) is 28.1 Å². The summed E-state index contributed by atoms with van der Waals surface area (Å²) < 4.78 is 40.1. The monoisotopic (exact) mass is 380 g/mol. The van der Waals surface area contributed by atoms with Crippen molar-refractivity contribution in [2.45, 2.75) is 6.18 Å². The molecule has 0 bridgehead atoms. The van der Waals surface area contributed by atoms with Gasteiger partial charge in [-0.15, -0.1) is 0 Å². The molecule has 0 saturated carbocycles. The van der Waals surface area contributed by atoms with E-state index in [9.17, 15) is 18.0 Å². The molecule has 0 unspecified atom stereocenters. The van der Waals surface area contributed by atoms with Gasteiger partial charge in [-0.25, -0.2) is 4.68 Å². The largest absolute Gasteiger partial charge is 0.416 e. The molecule has 28 heavy (non-hydrogen) atoms. The van der Waals surface area contributed by atoms with Gasteiger partial charge in [-0.05, 0) is 29.8 Å². The third-order valence-electron chi connectivity index (χ3n) is 4.47. The molecule has 0 aliphatic carbocycles. The van der Waals surface area contributed by atoms with Gasteiger partial charge in [0.15, 0.2) is 0 Å². The summed E-state index contributed by atoms with van der Waals surface area (Å²) in [6.07, 6.45) is -4.43. The van der Waals surface area contributed by atoms with Gasteiger partial charge in [-0.3, -0.25) is 9.89 Å². The molecule has 1 heterocycles. The van der Waals surface area contributed by atoms with Gasteiger partial charge >= 0.3 is 6.18 Å². The average molecular weight is 380 g/mol. The van der Waals surface area contributed by atoms with E-state index >= 15 is 0 Å². The molecule has 4 rings (SSSR count). The lowest BCUT2D eigenvalue weighted by atomic mass is 10.0. The van der Waals surface area contributed by atoms with E-state index in [1.54, 1.807) is 12.1 Å². The Morgan fingerprint density at radius 3 is 1.86 bits per heavy atom. The Balaban J connectivity index is 1.93. The number of rotatable bonds is 3. The molecule has 0 aliphatic heterocycles. The van der Waals surface area contributed by atoms with Gasteiger partial charge in [0.05, 0.1) is 22.5 Å². The molecule has 0 amide bonds. The molecular formula is C22H15F3N2O. The van der Waals surface area contributed by atoms with Crippen LogP contribution < -0.4 is 5.56 Å². The summed E-state index contributed by atoms with van der Waals surface area (Å²) in [7, 11) is 0. The summed E-state index contributed by atoms with van der Waals surface area (Å²) in [4.78, 5) is 13.2. The van der Waals surface area contributed by atoms with Gasteiger partial charge in [-0.1, -0.05) is 60.7 Å². The lowest BCUT2D eigenvalue weighted by Crippen LogP contribution is -2.15. The van der Waals surface area contributed by atoms with E-state index in [1.807, 2.05) is 48.5 Å². The SMILES string of the molecule is O=c1c(-c2ccc(C(F)(F)F)cc2)c(-c2ccccc2)[nH]n1-c1ccccc1. The standard InChI is InChI=1S/C22H15F3N2O/c23-22(24,25)17-13-11-15(12-14-17)19-20(16-7-3-1-4-8-16)26-27(21(19)28)18-9-5-2-6-10-18/h1-14,26H. The van der Waals surface area contributed by atoms with E-state index in [4.69, 9.17) is 0 Å². The van der Waals surface area contributed by atoms with Crippen molar-refractivity contribution in [3.63, 3.8) is 0 Å². The Kier molecular flexibility index (Phi) is 4.39. The van der Waals surface area contributed by atoms with Crippen molar-refractivity contribution in [3.05, 3.63) is 101 Å². The van der Waals surface area contributed by atoms with Crippen molar-refractivity contribution in [1.29, 1.82) is 0 Å². The zero-order valence-electron chi connectivity index (χ0n) is 14.6. The minimum atomic E-state index is -4.43. The highest BCUT2D eigenvalue weighted by Crippen LogP contribution is 2.33. The van der Waals surface area contributed by atoms with Crippen molar-refractivity contribution in [1.82, 2.24) is 9.78 Å². The number of para-hydroxylation sites is 1. The number of nitrogens with one attached hydrogen (secondary N) is 1. The Labute approximate surface area is 158 Å². The molecule has 1 aromatic heterocycles. The van der Waals surface area contributed by atoms with Crippen LogP contribution in [0.15, 0.2) is 89.7 Å². The fourth-order valence-electron chi connectivity index (χ4n) is 3.10. The summed E-state index contributed by atoms with van der Waals surface area (Å²) in [5.41, 5.74) is 1.62. The maximum atomic E-state index is 13.2. The first-order chi connectivity index (χ1) is 13.4. The van der Waals surface area contributed by atoms with Gasteiger partial charge in [-0.2, -0.15) is 13.2 Å². The van der Waals surface area contributed by atoms with E-state index in [0.29, 0.717) is 22.5 Å². The lowest BCUT2D eigenvalue weighted by Gasteiger charge is -2.07. The third kappa shape index (κ3) is 3.24. The number of alkyl halides is 3. The van der Waals surface area contributed by atoms with Crippen LogP contribution in [-0.2, 0) is 6.18 Å². The average Bonchev–Trinajstić information content (AvgIpc) is 3.06. The first-order valence-corrected chi connectivity index (χ1v) is 8.58. The van der Waals surface area contributed by atoms with Crippen LogP contribution in [0.2, 0.25) is 0 Å². The number of benzene rings is 3. The van der Waals surface area contributed by atoms with Crippen LogP contribution in [0.5, 0.6) is 0 Å². The van der Waals surface area contributed by atoms with Crippen LogP contribution in [0.25, 0.3) is 28.1 Å². The summed E-state index contributed by atoms with van der Waals surface area (Å²) >= 11 is 0. The molecule has 0 radical (unpaired) electrons. The zero-order chi connectivity index (χ0) is 19.7. The van der Waals surface area contributed by atoms with Gasteiger partial charge in [0.25, 0.3) is 5.56 Å². The third-order valence-corrected chi connectivity index (χ3v) is 4.47. The second kappa shape index (κ2) is 6.88.